The fraction of sp³-hybridized carbons (Fsp3) is 0.368. The van der Waals surface area contributed by atoms with Crippen molar-refractivity contribution in [3.8, 4) is 0 Å². The highest BCUT2D eigenvalue weighted by Crippen LogP contribution is 2.34. The van der Waals surface area contributed by atoms with Crippen molar-refractivity contribution < 1.29 is 23.9 Å². The van der Waals surface area contributed by atoms with E-state index in [4.69, 9.17) is 4.74 Å². The molecule has 136 valence electrons. The molecule has 0 bridgehead atoms. The lowest BCUT2D eigenvalue weighted by atomic mass is 9.85. The number of hydrogen-bond acceptors (Lipinski definition) is 5. The normalized spacial score (nSPS) is 21.5. The van der Waals surface area contributed by atoms with Gasteiger partial charge in [-0.15, -0.1) is 0 Å². The van der Waals surface area contributed by atoms with Crippen molar-refractivity contribution in [1.82, 2.24) is 4.90 Å². The van der Waals surface area contributed by atoms with Crippen molar-refractivity contribution in [2.45, 2.75) is 19.8 Å². The van der Waals surface area contributed by atoms with E-state index in [0.717, 1.165) is 10.5 Å². The average Bonchev–Trinajstić information content (AvgIpc) is 2.85. The lowest BCUT2D eigenvalue weighted by molar-refractivity contribution is -0.154. The van der Waals surface area contributed by atoms with Crippen LogP contribution in [-0.4, -0.2) is 41.7 Å². The first-order valence-electron chi connectivity index (χ1n) is 8.48. The van der Waals surface area contributed by atoms with Crippen molar-refractivity contribution in [3.05, 3.63) is 42.0 Å². The number of hydrogen-bond donors (Lipinski definition) is 1. The number of rotatable bonds is 5. The molecule has 1 aliphatic heterocycles. The Kier molecular flexibility index (Phi) is 5.16. The Morgan fingerprint density at radius 1 is 1.15 bits per heavy atom. The van der Waals surface area contributed by atoms with Crippen molar-refractivity contribution in [1.29, 1.82) is 0 Å². The van der Waals surface area contributed by atoms with Crippen LogP contribution < -0.4 is 5.32 Å². The number of anilines is 1. The Bertz CT molecular complexity index is 760. The van der Waals surface area contributed by atoms with Crippen LogP contribution in [0, 0.1) is 18.8 Å². The summed E-state index contributed by atoms with van der Waals surface area (Å²) in [6.45, 7) is 0.965. The number of carbonyl (C=O) groups is 4. The molecule has 3 rings (SSSR count). The number of fused-ring (bicyclic) bond motifs is 1. The van der Waals surface area contributed by atoms with E-state index < -0.39 is 25.0 Å². The molecule has 1 aromatic carbocycles. The molecule has 1 heterocycles. The largest absolute Gasteiger partial charge is 0.454 e. The van der Waals surface area contributed by atoms with Gasteiger partial charge < -0.3 is 10.1 Å². The Morgan fingerprint density at radius 3 is 2.42 bits per heavy atom. The molecular weight excluding hydrogens is 336 g/mol. The van der Waals surface area contributed by atoms with Gasteiger partial charge in [0.15, 0.2) is 6.61 Å². The van der Waals surface area contributed by atoms with Gasteiger partial charge in [0.25, 0.3) is 5.91 Å². The molecule has 26 heavy (non-hydrogen) atoms. The minimum Gasteiger partial charge on any atom is -0.454 e. The van der Waals surface area contributed by atoms with Gasteiger partial charge >= 0.3 is 5.97 Å². The highest BCUT2D eigenvalue weighted by atomic mass is 16.5. The van der Waals surface area contributed by atoms with Gasteiger partial charge in [-0.25, -0.2) is 0 Å². The molecule has 0 spiro atoms. The second kappa shape index (κ2) is 7.51. The van der Waals surface area contributed by atoms with Gasteiger partial charge in [-0.2, -0.15) is 0 Å². The molecule has 3 amide bonds. The summed E-state index contributed by atoms with van der Waals surface area (Å²) in [6, 6.07) is 7.21. The van der Waals surface area contributed by atoms with Crippen molar-refractivity contribution in [2.24, 2.45) is 11.8 Å². The first kappa shape index (κ1) is 17.8. The van der Waals surface area contributed by atoms with Gasteiger partial charge in [0.1, 0.15) is 6.54 Å². The van der Waals surface area contributed by atoms with Crippen LogP contribution in [0.4, 0.5) is 5.69 Å². The standard InChI is InChI=1S/C19H20N2O5/c1-12-5-4-6-13(9-12)20-16(22)11-26-17(23)10-21-18(24)14-7-2-3-8-15(14)19(21)25/h2-6,9,14-15H,7-8,10-11H2,1H3,(H,20,22)/t14-,15+. The number of imide groups is 1. The lowest BCUT2D eigenvalue weighted by Crippen LogP contribution is -2.37. The third-order valence-electron chi connectivity index (χ3n) is 4.55. The fourth-order valence-electron chi connectivity index (χ4n) is 3.27. The molecule has 1 aliphatic carbocycles. The van der Waals surface area contributed by atoms with E-state index >= 15 is 0 Å². The van der Waals surface area contributed by atoms with Gasteiger partial charge in [-0.1, -0.05) is 24.3 Å². The lowest BCUT2D eigenvalue weighted by Gasteiger charge is -2.14. The maximum absolute atomic E-state index is 12.3. The molecule has 0 aromatic heterocycles. The number of allylic oxidation sites excluding steroid dienone is 2. The molecule has 2 aliphatic rings. The summed E-state index contributed by atoms with van der Waals surface area (Å²) in [6.07, 6.45) is 4.78. The molecule has 1 aromatic rings. The van der Waals surface area contributed by atoms with Gasteiger partial charge in [0.05, 0.1) is 11.8 Å². The number of likely N-dealkylation sites (tertiary alicyclic amines) is 1. The number of carbonyl (C=O) groups excluding carboxylic acids is 4. The topological polar surface area (TPSA) is 92.8 Å². The van der Waals surface area contributed by atoms with Crippen LogP contribution in [0.1, 0.15) is 18.4 Å². The molecule has 7 heteroatoms. The third-order valence-corrected chi connectivity index (χ3v) is 4.55. The average molecular weight is 356 g/mol. The summed E-state index contributed by atoms with van der Waals surface area (Å²) in [5, 5.41) is 2.62. The number of aryl methyl sites for hydroxylation is 1. The van der Waals surface area contributed by atoms with Crippen LogP contribution in [0.5, 0.6) is 0 Å². The summed E-state index contributed by atoms with van der Waals surface area (Å²) in [4.78, 5) is 49.3. The minimum atomic E-state index is -0.780. The highest BCUT2D eigenvalue weighted by Gasteiger charge is 2.47. The van der Waals surface area contributed by atoms with E-state index in [2.05, 4.69) is 5.32 Å². The zero-order chi connectivity index (χ0) is 18.7. The quantitative estimate of drug-likeness (QED) is 0.489. The zero-order valence-corrected chi connectivity index (χ0v) is 14.4. The first-order valence-corrected chi connectivity index (χ1v) is 8.48. The fourth-order valence-corrected chi connectivity index (χ4v) is 3.27. The number of nitrogens with zero attached hydrogens (tertiary/aromatic N) is 1. The van der Waals surface area contributed by atoms with Crippen LogP contribution >= 0.6 is 0 Å². The van der Waals surface area contributed by atoms with E-state index in [1.807, 2.05) is 25.1 Å². The van der Waals surface area contributed by atoms with Crippen LogP contribution in [0.25, 0.3) is 0 Å². The van der Waals surface area contributed by atoms with E-state index in [9.17, 15) is 19.2 Å². The van der Waals surface area contributed by atoms with Crippen LogP contribution in [0.3, 0.4) is 0 Å². The second-order valence-electron chi connectivity index (χ2n) is 6.50. The zero-order valence-electron chi connectivity index (χ0n) is 14.4. The summed E-state index contributed by atoms with van der Waals surface area (Å²) in [7, 11) is 0. The summed E-state index contributed by atoms with van der Waals surface area (Å²) >= 11 is 0. The Hall–Kier alpha value is -2.96. The molecule has 1 saturated heterocycles. The van der Waals surface area contributed by atoms with Crippen LogP contribution in [0.2, 0.25) is 0 Å². The Labute approximate surface area is 151 Å². The number of amides is 3. The van der Waals surface area contributed by atoms with Gasteiger partial charge in [-0.05, 0) is 37.5 Å². The van der Waals surface area contributed by atoms with E-state index in [1.54, 1.807) is 18.2 Å². The summed E-state index contributed by atoms with van der Waals surface area (Å²) in [5.41, 5.74) is 1.59. The third kappa shape index (κ3) is 3.82. The molecule has 1 N–H and O–H groups in total. The number of nitrogens with one attached hydrogen (secondary N) is 1. The summed E-state index contributed by atoms with van der Waals surface area (Å²) < 4.78 is 4.91. The number of ether oxygens (including phenoxy) is 1. The second-order valence-corrected chi connectivity index (χ2v) is 6.50. The Balaban J connectivity index is 1.49. The van der Waals surface area contributed by atoms with E-state index in [0.29, 0.717) is 18.5 Å². The van der Waals surface area contributed by atoms with Crippen molar-refractivity contribution in [3.63, 3.8) is 0 Å². The minimum absolute atomic E-state index is 0.342. The summed E-state index contributed by atoms with van der Waals surface area (Å²) in [5.74, 6) is -2.72. The van der Waals surface area contributed by atoms with Crippen molar-refractivity contribution in [2.75, 3.05) is 18.5 Å². The SMILES string of the molecule is Cc1cccc(NC(=O)COC(=O)CN2C(=O)[C@H]3CC=CC[C@H]3C2=O)c1. The number of benzene rings is 1. The molecule has 1 fully saturated rings. The molecule has 7 nitrogen and oxygen atoms in total. The van der Waals surface area contributed by atoms with Gasteiger partial charge in [0, 0.05) is 5.69 Å². The number of esters is 1. The molecular formula is C19H20N2O5. The molecule has 2 atom stereocenters. The predicted octanol–water partition coefficient (Wildman–Crippen LogP) is 1.43. The van der Waals surface area contributed by atoms with Gasteiger partial charge in [-0.3, -0.25) is 24.1 Å². The molecule has 0 radical (unpaired) electrons. The maximum atomic E-state index is 12.3. The van der Waals surface area contributed by atoms with Crippen LogP contribution in [-0.2, 0) is 23.9 Å². The smallest absolute Gasteiger partial charge is 0.326 e. The maximum Gasteiger partial charge on any atom is 0.326 e. The van der Waals surface area contributed by atoms with E-state index in [-0.39, 0.29) is 23.7 Å². The highest BCUT2D eigenvalue weighted by molar-refractivity contribution is 6.07. The Morgan fingerprint density at radius 2 is 1.81 bits per heavy atom. The molecule has 0 unspecified atom stereocenters. The van der Waals surface area contributed by atoms with E-state index in [1.165, 1.54) is 0 Å². The molecule has 0 saturated carbocycles. The van der Waals surface area contributed by atoms with Gasteiger partial charge in [0.2, 0.25) is 11.8 Å². The first-order chi connectivity index (χ1) is 12.5. The monoisotopic (exact) mass is 356 g/mol. The predicted molar refractivity (Wildman–Crippen MR) is 92.8 cm³/mol. The van der Waals surface area contributed by atoms with Crippen LogP contribution in [0.15, 0.2) is 36.4 Å². The van der Waals surface area contributed by atoms with Crippen molar-refractivity contribution >= 4 is 29.4 Å².